The first-order chi connectivity index (χ1) is 12.5. The normalized spacial score (nSPS) is 15.4. The SMILES string of the molecule is COCc1noc(CN2CCN(c3c(F)cc([N+](=O)[O-])cc3F)CC2)n1. The Balaban J connectivity index is 1.62. The Bertz CT molecular complexity index is 769. The number of non-ortho nitro benzene ring substituents is 1. The first-order valence-corrected chi connectivity index (χ1v) is 7.89. The van der Waals surface area contributed by atoms with Crippen molar-refractivity contribution in [2.75, 3.05) is 38.2 Å². The number of nitro groups is 1. The number of rotatable bonds is 6. The van der Waals surface area contributed by atoms with E-state index < -0.39 is 22.2 Å². The Morgan fingerprint density at radius 1 is 1.27 bits per heavy atom. The minimum atomic E-state index is -0.939. The zero-order valence-corrected chi connectivity index (χ0v) is 14.0. The summed E-state index contributed by atoms with van der Waals surface area (Å²) in [7, 11) is 1.53. The van der Waals surface area contributed by atoms with Crippen molar-refractivity contribution in [3.8, 4) is 0 Å². The van der Waals surface area contributed by atoms with Crippen molar-refractivity contribution in [3.63, 3.8) is 0 Å². The van der Waals surface area contributed by atoms with Crippen molar-refractivity contribution in [1.82, 2.24) is 15.0 Å². The topological polar surface area (TPSA) is 97.8 Å². The van der Waals surface area contributed by atoms with Crippen LogP contribution in [0.25, 0.3) is 0 Å². The fourth-order valence-corrected chi connectivity index (χ4v) is 2.82. The van der Waals surface area contributed by atoms with E-state index in [9.17, 15) is 18.9 Å². The lowest BCUT2D eigenvalue weighted by Gasteiger charge is -2.35. The average Bonchev–Trinajstić information content (AvgIpc) is 3.03. The first kappa shape index (κ1) is 18.1. The van der Waals surface area contributed by atoms with E-state index in [4.69, 9.17) is 9.26 Å². The number of hydrogen-bond donors (Lipinski definition) is 0. The highest BCUT2D eigenvalue weighted by Gasteiger charge is 2.25. The maximum atomic E-state index is 14.1. The van der Waals surface area contributed by atoms with Gasteiger partial charge in [0.25, 0.3) is 5.69 Å². The van der Waals surface area contributed by atoms with Gasteiger partial charge in [0.1, 0.15) is 12.3 Å². The van der Waals surface area contributed by atoms with Crippen molar-refractivity contribution in [2.24, 2.45) is 0 Å². The van der Waals surface area contributed by atoms with E-state index >= 15 is 0 Å². The smallest absolute Gasteiger partial charge is 0.275 e. The van der Waals surface area contributed by atoms with Crippen LogP contribution >= 0.6 is 0 Å². The molecule has 0 N–H and O–H groups in total. The van der Waals surface area contributed by atoms with Crippen molar-refractivity contribution in [3.05, 3.63) is 45.6 Å². The molecule has 0 saturated carbocycles. The molecule has 1 aliphatic heterocycles. The van der Waals surface area contributed by atoms with Gasteiger partial charge in [0.2, 0.25) is 5.89 Å². The highest BCUT2D eigenvalue weighted by molar-refractivity contribution is 5.54. The molecule has 0 bridgehead atoms. The van der Waals surface area contributed by atoms with Gasteiger partial charge < -0.3 is 14.2 Å². The van der Waals surface area contributed by atoms with Gasteiger partial charge in [-0.2, -0.15) is 4.98 Å². The summed E-state index contributed by atoms with van der Waals surface area (Å²) in [5.74, 6) is -0.980. The first-order valence-electron chi connectivity index (χ1n) is 7.89. The quantitative estimate of drug-likeness (QED) is 0.561. The second kappa shape index (κ2) is 7.70. The molecule has 0 unspecified atom stereocenters. The lowest BCUT2D eigenvalue weighted by molar-refractivity contribution is -0.385. The van der Waals surface area contributed by atoms with E-state index in [-0.39, 0.29) is 12.3 Å². The average molecular weight is 369 g/mol. The molecule has 1 aromatic carbocycles. The maximum Gasteiger partial charge on any atom is 0.275 e. The van der Waals surface area contributed by atoms with Gasteiger partial charge >= 0.3 is 0 Å². The summed E-state index contributed by atoms with van der Waals surface area (Å²) < 4.78 is 38.3. The fourth-order valence-electron chi connectivity index (χ4n) is 2.82. The Hall–Kier alpha value is -2.66. The number of anilines is 1. The predicted molar refractivity (Wildman–Crippen MR) is 85.5 cm³/mol. The molecule has 1 saturated heterocycles. The summed E-state index contributed by atoms with van der Waals surface area (Å²) in [6, 6.07) is 1.47. The summed E-state index contributed by atoms with van der Waals surface area (Å²) in [5, 5.41) is 14.5. The molecule has 1 fully saturated rings. The van der Waals surface area contributed by atoms with Crippen LogP contribution in [0.5, 0.6) is 0 Å². The van der Waals surface area contributed by atoms with Gasteiger partial charge in [-0.3, -0.25) is 15.0 Å². The van der Waals surface area contributed by atoms with E-state index in [1.807, 2.05) is 4.90 Å². The van der Waals surface area contributed by atoms with Gasteiger partial charge in [-0.05, 0) is 0 Å². The number of nitro benzene ring substituents is 1. The summed E-state index contributed by atoms with van der Waals surface area (Å²) in [6.45, 7) is 2.47. The third kappa shape index (κ3) is 3.94. The Morgan fingerprint density at radius 2 is 1.92 bits per heavy atom. The summed E-state index contributed by atoms with van der Waals surface area (Å²) in [4.78, 5) is 17.6. The molecule has 0 amide bonds. The Labute approximate surface area is 147 Å². The fraction of sp³-hybridized carbons (Fsp3) is 0.467. The van der Waals surface area contributed by atoms with E-state index in [1.54, 1.807) is 0 Å². The standard InChI is InChI=1S/C15H17F2N5O4/c1-25-9-13-18-14(26-19-13)8-20-2-4-21(5-3-20)15-11(16)6-10(22(23)24)7-12(15)17/h6-7H,2-5,8-9H2,1H3. The number of aromatic nitrogens is 2. The van der Waals surface area contributed by atoms with Crippen molar-refractivity contribution >= 4 is 11.4 Å². The van der Waals surface area contributed by atoms with Gasteiger partial charge in [0.05, 0.1) is 23.6 Å². The van der Waals surface area contributed by atoms with Gasteiger partial charge in [-0.15, -0.1) is 0 Å². The highest BCUT2D eigenvalue weighted by atomic mass is 19.1. The number of ether oxygens (including phenoxy) is 1. The minimum Gasteiger partial charge on any atom is -0.377 e. The molecule has 1 aliphatic rings. The van der Waals surface area contributed by atoms with Crippen LogP contribution in [-0.4, -0.2) is 53.3 Å². The van der Waals surface area contributed by atoms with Crippen molar-refractivity contribution in [1.29, 1.82) is 0 Å². The summed E-state index contributed by atoms with van der Waals surface area (Å²) in [6.07, 6.45) is 0. The maximum absolute atomic E-state index is 14.1. The van der Waals surface area contributed by atoms with E-state index in [2.05, 4.69) is 10.1 Å². The van der Waals surface area contributed by atoms with Gasteiger partial charge in [0, 0.05) is 33.3 Å². The van der Waals surface area contributed by atoms with Crippen LogP contribution in [0.2, 0.25) is 0 Å². The number of halogens is 2. The number of methoxy groups -OCH3 is 1. The zero-order valence-electron chi connectivity index (χ0n) is 14.0. The number of benzene rings is 1. The molecular weight excluding hydrogens is 352 g/mol. The van der Waals surface area contributed by atoms with Gasteiger partial charge in [-0.1, -0.05) is 5.16 Å². The molecule has 0 atom stereocenters. The van der Waals surface area contributed by atoms with Crippen LogP contribution < -0.4 is 4.90 Å². The summed E-state index contributed by atoms with van der Waals surface area (Å²) >= 11 is 0. The van der Waals surface area contributed by atoms with Gasteiger partial charge in [0.15, 0.2) is 17.5 Å². The largest absolute Gasteiger partial charge is 0.377 e. The van der Waals surface area contributed by atoms with Crippen LogP contribution in [0.3, 0.4) is 0 Å². The van der Waals surface area contributed by atoms with Crippen LogP contribution in [0.1, 0.15) is 11.7 Å². The summed E-state index contributed by atoms with van der Waals surface area (Å²) in [5.41, 5.74) is -0.846. The predicted octanol–water partition coefficient (Wildman–Crippen LogP) is 1.72. The van der Waals surface area contributed by atoms with Crippen LogP contribution in [0.4, 0.5) is 20.2 Å². The van der Waals surface area contributed by atoms with Crippen LogP contribution in [0.15, 0.2) is 16.7 Å². The highest BCUT2D eigenvalue weighted by Crippen LogP contribution is 2.29. The Morgan fingerprint density at radius 3 is 2.50 bits per heavy atom. The van der Waals surface area contributed by atoms with E-state index in [0.717, 1.165) is 12.1 Å². The van der Waals surface area contributed by atoms with Crippen molar-refractivity contribution < 1.29 is 23.0 Å². The lowest BCUT2D eigenvalue weighted by Crippen LogP contribution is -2.46. The molecule has 0 spiro atoms. The third-order valence-electron chi connectivity index (χ3n) is 4.04. The number of nitrogens with zero attached hydrogens (tertiary/aromatic N) is 5. The minimum absolute atomic E-state index is 0.240. The molecule has 1 aromatic heterocycles. The van der Waals surface area contributed by atoms with E-state index in [0.29, 0.717) is 44.4 Å². The molecule has 26 heavy (non-hydrogen) atoms. The monoisotopic (exact) mass is 369 g/mol. The molecule has 2 aromatic rings. The molecular formula is C15H17F2N5O4. The number of hydrogen-bond acceptors (Lipinski definition) is 8. The number of piperazine rings is 1. The molecule has 2 heterocycles. The zero-order chi connectivity index (χ0) is 18.7. The molecule has 11 heteroatoms. The van der Waals surface area contributed by atoms with Crippen LogP contribution in [-0.2, 0) is 17.9 Å². The molecule has 0 radical (unpaired) electrons. The molecule has 9 nitrogen and oxygen atoms in total. The van der Waals surface area contributed by atoms with Crippen molar-refractivity contribution in [2.45, 2.75) is 13.2 Å². The van der Waals surface area contributed by atoms with Gasteiger partial charge in [-0.25, -0.2) is 8.78 Å². The second-order valence-corrected chi connectivity index (χ2v) is 5.82. The lowest BCUT2D eigenvalue weighted by atomic mass is 10.2. The molecule has 0 aliphatic carbocycles. The second-order valence-electron chi connectivity index (χ2n) is 5.82. The van der Waals surface area contributed by atoms with E-state index in [1.165, 1.54) is 12.0 Å². The van der Waals surface area contributed by atoms with Crippen LogP contribution in [0, 0.1) is 21.7 Å². The Kier molecular flexibility index (Phi) is 5.38. The third-order valence-corrected chi connectivity index (χ3v) is 4.04. The molecule has 140 valence electrons. The molecule has 3 rings (SSSR count).